The summed E-state index contributed by atoms with van der Waals surface area (Å²) in [6.07, 6.45) is 0.189. The Hall–Kier alpha value is -0.580. The molecular weight excluding hydrogens is 478 g/mol. The Balaban J connectivity index is 1.93. The van der Waals surface area contributed by atoms with E-state index in [2.05, 4.69) is 9.44 Å². The first kappa shape index (κ1) is 22.7. The highest BCUT2D eigenvalue weighted by atomic mass is 35.5. The molecule has 0 saturated heterocycles. The van der Waals surface area contributed by atoms with E-state index in [0.717, 1.165) is 0 Å². The van der Waals surface area contributed by atoms with Crippen molar-refractivity contribution in [1.29, 1.82) is 0 Å². The Bertz CT molecular complexity index is 960. The second-order valence-corrected chi connectivity index (χ2v) is 10.5. The standard InChI is InChI=1S/C15H14Cl4N2O4S2/c16-10-2-4-12(18)14(8-10)26(22,23)20-6-1-7-21-27(24,25)15-9-11(17)3-5-13(15)19/h2-5,8-9,20-21H,1,6-7H2. The maximum absolute atomic E-state index is 12.2. The van der Waals surface area contributed by atoms with Gasteiger partial charge in [0.2, 0.25) is 20.0 Å². The summed E-state index contributed by atoms with van der Waals surface area (Å²) >= 11 is 23.3. The average molecular weight is 492 g/mol. The van der Waals surface area contributed by atoms with Crippen molar-refractivity contribution in [3.63, 3.8) is 0 Å². The lowest BCUT2D eigenvalue weighted by atomic mass is 10.4. The van der Waals surface area contributed by atoms with Crippen molar-refractivity contribution >= 4 is 66.5 Å². The van der Waals surface area contributed by atoms with Crippen LogP contribution in [0.5, 0.6) is 0 Å². The van der Waals surface area contributed by atoms with Crippen LogP contribution in [0, 0.1) is 0 Å². The zero-order valence-electron chi connectivity index (χ0n) is 13.5. The maximum Gasteiger partial charge on any atom is 0.242 e. The van der Waals surface area contributed by atoms with Crippen molar-refractivity contribution < 1.29 is 16.8 Å². The molecule has 2 rings (SSSR count). The van der Waals surface area contributed by atoms with E-state index in [1.807, 2.05) is 0 Å². The minimum atomic E-state index is -3.88. The Morgan fingerprint density at radius 2 is 1.04 bits per heavy atom. The van der Waals surface area contributed by atoms with E-state index in [4.69, 9.17) is 46.4 Å². The summed E-state index contributed by atoms with van der Waals surface area (Å²) in [5, 5.41) is 0.517. The van der Waals surface area contributed by atoms with E-state index in [-0.39, 0.29) is 49.4 Å². The molecule has 0 amide bonds. The molecule has 2 aromatic carbocycles. The number of halogens is 4. The molecule has 6 nitrogen and oxygen atoms in total. The van der Waals surface area contributed by atoms with Crippen molar-refractivity contribution in [2.75, 3.05) is 13.1 Å². The second-order valence-electron chi connectivity index (χ2n) is 5.30. The van der Waals surface area contributed by atoms with E-state index in [1.165, 1.54) is 36.4 Å². The Kier molecular flexibility index (Phi) is 7.80. The molecule has 0 radical (unpaired) electrons. The molecule has 2 N–H and O–H groups in total. The van der Waals surface area contributed by atoms with Gasteiger partial charge in [-0.25, -0.2) is 26.3 Å². The smallest absolute Gasteiger partial charge is 0.211 e. The number of rotatable bonds is 8. The lowest BCUT2D eigenvalue weighted by molar-refractivity contribution is 0.572. The van der Waals surface area contributed by atoms with Gasteiger partial charge in [-0.05, 0) is 42.8 Å². The lowest BCUT2D eigenvalue weighted by Gasteiger charge is -2.10. The van der Waals surface area contributed by atoms with Crippen molar-refractivity contribution in [3.8, 4) is 0 Å². The molecule has 0 aromatic heterocycles. The summed E-state index contributed by atoms with van der Waals surface area (Å²) < 4.78 is 53.6. The molecule has 2 aromatic rings. The molecule has 0 aliphatic carbocycles. The average Bonchev–Trinajstić information content (AvgIpc) is 2.58. The molecule has 0 aliphatic rings. The fourth-order valence-corrected chi connectivity index (χ4v) is 5.69. The summed E-state index contributed by atoms with van der Waals surface area (Å²) in [5.41, 5.74) is 0. The van der Waals surface area contributed by atoms with Gasteiger partial charge in [0, 0.05) is 23.1 Å². The molecule has 0 aliphatic heterocycles. The van der Waals surface area contributed by atoms with Gasteiger partial charge in [0.1, 0.15) is 9.79 Å². The highest BCUT2D eigenvalue weighted by Gasteiger charge is 2.19. The van der Waals surface area contributed by atoms with E-state index in [1.54, 1.807) is 0 Å². The van der Waals surface area contributed by atoms with Crippen molar-refractivity contribution in [2.45, 2.75) is 16.2 Å². The third-order valence-electron chi connectivity index (χ3n) is 3.30. The Morgan fingerprint density at radius 1 is 0.667 bits per heavy atom. The van der Waals surface area contributed by atoms with Crippen LogP contribution in [0.15, 0.2) is 46.2 Å². The van der Waals surface area contributed by atoms with E-state index < -0.39 is 20.0 Å². The third-order valence-corrected chi connectivity index (χ3v) is 7.66. The van der Waals surface area contributed by atoms with Crippen LogP contribution in [0.1, 0.15) is 6.42 Å². The van der Waals surface area contributed by atoms with E-state index in [9.17, 15) is 16.8 Å². The van der Waals surface area contributed by atoms with Crippen LogP contribution < -0.4 is 9.44 Å². The first-order valence-corrected chi connectivity index (χ1v) is 11.9. The largest absolute Gasteiger partial charge is 0.242 e. The molecular formula is C15H14Cl4N2O4S2. The molecule has 12 heteroatoms. The fourth-order valence-electron chi connectivity index (χ4n) is 2.02. The van der Waals surface area contributed by atoms with Gasteiger partial charge >= 0.3 is 0 Å². The quantitative estimate of drug-likeness (QED) is 0.547. The van der Waals surface area contributed by atoms with Crippen LogP contribution in [0.2, 0.25) is 20.1 Å². The van der Waals surface area contributed by atoms with Crippen molar-refractivity contribution in [3.05, 3.63) is 56.5 Å². The number of hydrogen-bond donors (Lipinski definition) is 2. The predicted molar refractivity (Wildman–Crippen MR) is 108 cm³/mol. The van der Waals surface area contributed by atoms with Gasteiger partial charge in [0.25, 0.3) is 0 Å². The minimum Gasteiger partial charge on any atom is -0.211 e. The summed E-state index contributed by atoms with van der Waals surface area (Å²) in [6.45, 7) is -0.0338. The number of nitrogens with one attached hydrogen (secondary N) is 2. The normalized spacial score (nSPS) is 12.3. The fraction of sp³-hybridized carbons (Fsp3) is 0.200. The zero-order chi connectivity index (χ0) is 20.2. The third kappa shape index (κ3) is 6.20. The van der Waals surface area contributed by atoms with Gasteiger partial charge in [-0.2, -0.15) is 0 Å². The lowest BCUT2D eigenvalue weighted by Crippen LogP contribution is -2.30. The van der Waals surface area contributed by atoms with E-state index >= 15 is 0 Å². The molecule has 0 unspecified atom stereocenters. The summed E-state index contributed by atoms with van der Waals surface area (Å²) in [6, 6.07) is 8.16. The molecule has 0 heterocycles. The first-order valence-electron chi connectivity index (χ1n) is 7.42. The van der Waals surface area contributed by atoms with Gasteiger partial charge in [0.05, 0.1) is 10.0 Å². The second kappa shape index (κ2) is 9.28. The monoisotopic (exact) mass is 490 g/mol. The summed E-state index contributed by atoms with van der Waals surface area (Å²) in [7, 11) is -7.75. The van der Waals surface area contributed by atoms with E-state index in [0.29, 0.717) is 0 Å². The predicted octanol–water partition coefficient (Wildman–Crippen LogP) is 3.95. The zero-order valence-corrected chi connectivity index (χ0v) is 18.2. The van der Waals surface area contributed by atoms with Gasteiger partial charge in [0.15, 0.2) is 0 Å². The first-order chi connectivity index (χ1) is 12.5. The molecule has 0 bridgehead atoms. The topological polar surface area (TPSA) is 92.3 Å². The van der Waals surface area contributed by atoms with Gasteiger partial charge in [-0.15, -0.1) is 0 Å². The Morgan fingerprint density at radius 3 is 1.41 bits per heavy atom. The van der Waals surface area contributed by atoms with Crippen molar-refractivity contribution in [1.82, 2.24) is 9.44 Å². The number of hydrogen-bond acceptors (Lipinski definition) is 4. The molecule has 27 heavy (non-hydrogen) atoms. The minimum absolute atomic E-state index is 0.0169. The maximum atomic E-state index is 12.2. The SMILES string of the molecule is O=S(=O)(NCCCNS(=O)(=O)c1cc(Cl)ccc1Cl)c1cc(Cl)ccc1Cl. The molecule has 0 saturated carbocycles. The van der Waals surface area contributed by atoms with Crippen LogP contribution in [0.3, 0.4) is 0 Å². The van der Waals surface area contributed by atoms with Gasteiger partial charge in [-0.3, -0.25) is 0 Å². The molecule has 0 spiro atoms. The van der Waals surface area contributed by atoms with Crippen LogP contribution in [0.25, 0.3) is 0 Å². The van der Waals surface area contributed by atoms with Crippen molar-refractivity contribution in [2.24, 2.45) is 0 Å². The number of sulfonamides is 2. The molecule has 0 fully saturated rings. The number of benzene rings is 2. The Labute approximate surface area is 177 Å². The van der Waals surface area contributed by atoms with Gasteiger partial charge < -0.3 is 0 Å². The summed E-state index contributed by atoms with van der Waals surface area (Å²) in [5.74, 6) is 0. The van der Waals surface area contributed by atoms with Crippen LogP contribution in [-0.4, -0.2) is 29.9 Å². The van der Waals surface area contributed by atoms with Crippen LogP contribution in [-0.2, 0) is 20.0 Å². The van der Waals surface area contributed by atoms with Crippen LogP contribution >= 0.6 is 46.4 Å². The highest BCUT2D eigenvalue weighted by Crippen LogP contribution is 2.25. The van der Waals surface area contributed by atoms with Gasteiger partial charge in [-0.1, -0.05) is 46.4 Å². The molecule has 0 atom stereocenters. The summed E-state index contributed by atoms with van der Waals surface area (Å²) in [4.78, 5) is -0.300. The van der Waals surface area contributed by atoms with Crippen LogP contribution in [0.4, 0.5) is 0 Å². The molecule has 148 valence electrons. The highest BCUT2D eigenvalue weighted by molar-refractivity contribution is 7.90.